The van der Waals surface area contributed by atoms with E-state index in [1.165, 1.54) is 0 Å². The maximum atomic E-state index is 9.05. The van der Waals surface area contributed by atoms with Crippen LogP contribution in [0.5, 0.6) is 0 Å². The standard InChI is InChI=1S/C13H13N5/c14-7-3-4-8-16-13-10-5-1-2-6-11(10)17-18-12(13)9-15/h1-6H,7-8,14H2,(H,16,17)/b4-3+. The van der Waals surface area contributed by atoms with Crippen molar-refractivity contribution in [3.8, 4) is 6.07 Å². The number of nitrogens with two attached hydrogens (primary N) is 1. The summed E-state index contributed by atoms with van der Waals surface area (Å²) in [5, 5.41) is 21.0. The number of aromatic nitrogens is 2. The maximum absolute atomic E-state index is 9.05. The van der Waals surface area contributed by atoms with Crippen molar-refractivity contribution in [2.75, 3.05) is 18.4 Å². The lowest BCUT2D eigenvalue weighted by molar-refractivity contribution is 1.05. The number of hydrogen-bond donors (Lipinski definition) is 2. The van der Waals surface area contributed by atoms with Crippen molar-refractivity contribution >= 4 is 16.6 Å². The first-order valence-corrected chi connectivity index (χ1v) is 5.61. The van der Waals surface area contributed by atoms with Gasteiger partial charge in [-0.25, -0.2) is 0 Å². The molecular formula is C13H13N5. The van der Waals surface area contributed by atoms with Crippen LogP contribution in [0.25, 0.3) is 10.9 Å². The van der Waals surface area contributed by atoms with Gasteiger partial charge in [0.1, 0.15) is 6.07 Å². The highest BCUT2D eigenvalue weighted by Crippen LogP contribution is 2.23. The third-order valence-electron chi connectivity index (χ3n) is 2.47. The second kappa shape index (κ2) is 5.75. The molecular weight excluding hydrogens is 226 g/mol. The Morgan fingerprint density at radius 2 is 2.11 bits per heavy atom. The van der Waals surface area contributed by atoms with Crippen LogP contribution in [0.15, 0.2) is 36.4 Å². The molecule has 0 bridgehead atoms. The van der Waals surface area contributed by atoms with Crippen molar-refractivity contribution in [3.05, 3.63) is 42.1 Å². The van der Waals surface area contributed by atoms with E-state index in [9.17, 15) is 0 Å². The molecule has 0 atom stereocenters. The number of hydrogen-bond acceptors (Lipinski definition) is 5. The molecule has 5 nitrogen and oxygen atoms in total. The monoisotopic (exact) mass is 239 g/mol. The Morgan fingerprint density at radius 3 is 2.89 bits per heavy atom. The van der Waals surface area contributed by atoms with Crippen molar-refractivity contribution in [3.63, 3.8) is 0 Å². The molecule has 0 aliphatic heterocycles. The molecule has 0 unspecified atom stereocenters. The van der Waals surface area contributed by atoms with E-state index in [-0.39, 0.29) is 0 Å². The summed E-state index contributed by atoms with van der Waals surface area (Å²) in [6.45, 7) is 1.10. The number of nitriles is 1. The molecule has 2 aromatic rings. The summed E-state index contributed by atoms with van der Waals surface area (Å²) in [7, 11) is 0. The van der Waals surface area contributed by atoms with Crippen LogP contribution in [0.4, 0.5) is 5.69 Å². The maximum Gasteiger partial charge on any atom is 0.186 e. The van der Waals surface area contributed by atoms with Gasteiger partial charge in [0, 0.05) is 18.5 Å². The molecule has 1 aromatic heterocycles. The minimum Gasteiger partial charge on any atom is -0.379 e. The van der Waals surface area contributed by atoms with Gasteiger partial charge in [-0.05, 0) is 6.07 Å². The zero-order valence-corrected chi connectivity index (χ0v) is 9.80. The van der Waals surface area contributed by atoms with E-state index in [0.29, 0.717) is 24.5 Å². The third kappa shape index (κ3) is 2.44. The number of nitrogens with zero attached hydrogens (tertiary/aromatic N) is 3. The third-order valence-corrected chi connectivity index (χ3v) is 2.47. The van der Waals surface area contributed by atoms with Gasteiger partial charge in [0.25, 0.3) is 0 Å². The molecule has 3 N–H and O–H groups in total. The fourth-order valence-electron chi connectivity index (χ4n) is 1.65. The van der Waals surface area contributed by atoms with Crippen molar-refractivity contribution < 1.29 is 0 Å². The topological polar surface area (TPSA) is 87.6 Å². The zero-order chi connectivity index (χ0) is 12.8. The van der Waals surface area contributed by atoms with Crippen molar-refractivity contribution in [2.24, 2.45) is 5.73 Å². The Balaban J connectivity index is 2.39. The molecule has 0 fully saturated rings. The second-order valence-corrected chi connectivity index (χ2v) is 3.64. The van der Waals surface area contributed by atoms with Crippen LogP contribution in [0.1, 0.15) is 5.69 Å². The molecule has 2 rings (SSSR count). The number of anilines is 1. The Labute approximate surface area is 105 Å². The average molecular weight is 239 g/mol. The molecule has 0 aliphatic carbocycles. The summed E-state index contributed by atoms with van der Waals surface area (Å²) in [5.41, 5.74) is 7.14. The van der Waals surface area contributed by atoms with Gasteiger partial charge in [-0.1, -0.05) is 30.4 Å². The van der Waals surface area contributed by atoms with Crippen LogP contribution in [-0.2, 0) is 0 Å². The molecule has 0 amide bonds. The van der Waals surface area contributed by atoms with E-state index in [1.807, 2.05) is 42.5 Å². The SMILES string of the molecule is N#Cc1nnc2ccccc2c1NC/C=C/CN. The number of fused-ring (bicyclic) bond motifs is 1. The number of benzene rings is 1. The van der Waals surface area contributed by atoms with Crippen LogP contribution >= 0.6 is 0 Å². The fraction of sp³-hybridized carbons (Fsp3) is 0.154. The lowest BCUT2D eigenvalue weighted by Gasteiger charge is -2.08. The molecule has 0 aliphatic rings. The van der Waals surface area contributed by atoms with Crippen molar-refractivity contribution in [1.29, 1.82) is 5.26 Å². The lowest BCUT2D eigenvalue weighted by atomic mass is 10.1. The summed E-state index contributed by atoms with van der Waals surface area (Å²) in [6, 6.07) is 9.62. The highest BCUT2D eigenvalue weighted by Gasteiger charge is 2.08. The first kappa shape index (κ1) is 12.0. The zero-order valence-electron chi connectivity index (χ0n) is 9.80. The highest BCUT2D eigenvalue weighted by molar-refractivity contribution is 5.92. The van der Waals surface area contributed by atoms with Gasteiger partial charge in [0.2, 0.25) is 0 Å². The summed E-state index contributed by atoms with van der Waals surface area (Å²) in [4.78, 5) is 0. The van der Waals surface area contributed by atoms with E-state index < -0.39 is 0 Å². The molecule has 18 heavy (non-hydrogen) atoms. The first-order chi connectivity index (χ1) is 8.86. The van der Waals surface area contributed by atoms with Gasteiger partial charge < -0.3 is 11.1 Å². The Kier molecular flexibility index (Phi) is 3.84. The van der Waals surface area contributed by atoms with E-state index in [0.717, 1.165) is 10.9 Å². The first-order valence-electron chi connectivity index (χ1n) is 5.61. The Bertz CT molecular complexity index is 612. The van der Waals surface area contributed by atoms with Crippen molar-refractivity contribution in [2.45, 2.75) is 0 Å². The van der Waals surface area contributed by atoms with E-state index >= 15 is 0 Å². The van der Waals surface area contributed by atoms with Gasteiger partial charge in [0.05, 0.1) is 11.2 Å². The molecule has 1 heterocycles. The predicted octanol–water partition coefficient (Wildman–Crippen LogP) is 1.43. The molecule has 0 radical (unpaired) electrons. The average Bonchev–Trinajstić information content (AvgIpc) is 2.43. The smallest absolute Gasteiger partial charge is 0.186 e. The van der Waals surface area contributed by atoms with Gasteiger partial charge >= 0.3 is 0 Å². The van der Waals surface area contributed by atoms with E-state index in [4.69, 9.17) is 11.0 Å². The summed E-state index contributed by atoms with van der Waals surface area (Å²) >= 11 is 0. The minimum absolute atomic E-state index is 0.301. The summed E-state index contributed by atoms with van der Waals surface area (Å²) < 4.78 is 0. The molecule has 5 heteroatoms. The van der Waals surface area contributed by atoms with Crippen molar-refractivity contribution in [1.82, 2.24) is 10.2 Å². The largest absolute Gasteiger partial charge is 0.379 e. The van der Waals surface area contributed by atoms with Gasteiger partial charge in [-0.2, -0.15) is 5.26 Å². The second-order valence-electron chi connectivity index (χ2n) is 3.64. The summed E-state index contributed by atoms with van der Waals surface area (Å²) in [6.07, 6.45) is 3.77. The Hall–Kier alpha value is -2.45. The van der Waals surface area contributed by atoms with Crippen LogP contribution in [0, 0.1) is 11.3 Å². The van der Waals surface area contributed by atoms with E-state index in [1.54, 1.807) is 0 Å². The van der Waals surface area contributed by atoms with Gasteiger partial charge in [-0.15, -0.1) is 10.2 Å². The fourth-order valence-corrected chi connectivity index (χ4v) is 1.65. The molecule has 0 spiro atoms. The predicted molar refractivity (Wildman–Crippen MR) is 70.9 cm³/mol. The van der Waals surface area contributed by atoms with Gasteiger partial charge in [0.15, 0.2) is 5.69 Å². The quantitative estimate of drug-likeness (QED) is 0.788. The Morgan fingerprint density at radius 1 is 1.28 bits per heavy atom. The van der Waals surface area contributed by atoms with Crippen LogP contribution in [0.3, 0.4) is 0 Å². The normalized spacial score (nSPS) is 10.7. The summed E-state index contributed by atoms with van der Waals surface area (Å²) in [5.74, 6) is 0. The molecule has 1 aromatic carbocycles. The molecule has 90 valence electrons. The van der Waals surface area contributed by atoms with E-state index in [2.05, 4.69) is 15.5 Å². The lowest BCUT2D eigenvalue weighted by Crippen LogP contribution is -2.05. The molecule has 0 saturated heterocycles. The number of nitrogens with one attached hydrogen (secondary N) is 1. The minimum atomic E-state index is 0.301. The molecule has 0 saturated carbocycles. The van der Waals surface area contributed by atoms with Crippen LogP contribution in [-0.4, -0.2) is 23.3 Å². The van der Waals surface area contributed by atoms with Crippen LogP contribution < -0.4 is 11.1 Å². The van der Waals surface area contributed by atoms with Gasteiger partial charge in [-0.3, -0.25) is 0 Å². The van der Waals surface area contributed by atoms with Crippen LogP contribution in [0.2, 0.25) is 0 Å². The number of rotatable bonds is 4. The highest BCUT2D eigenvalue weighted by atomic mass is 15.1.